The molecule has 1 aliphatic carbocycles. The first-order valence-corrected chi connectivity index (χ1v) is 12.9. The number of amidine groups is 1. The fourth-order valence-electron chi connectivity index (χ4n) is 3.97. The monoisotopic (exact) mass is 510 g/mol. The molecule has 0 radical (unpaired) electrons. The van der Waals surface area contributed by atoms with Crippen LogP contribution < -0.4 is 10.6 Å². The molecule has 5 nitrogen and oxygen atoms in total. The van der Waals surface area contributed by atoms with Crippen LogP contribution in [0.2, 0.25) is 0 Å². The largest absolute Gasteiger partial charge is 0.339 e. The van der Waals surface area contributed by atoms with Gasteiger partial charge in [-0.3, -0.25) is 9.79 Å². The van der Waals surface area contributed by atoms with Gasteiger partial charge in [0.25, 0.3) is 0 Å². The normalized spacial score (nSPS) is 19.4. The standard InChI is InChI=1S/C30H40F2N4O/c1-8-10-22-17-23(11-12-25(22)27(37)16-19(3)4)36-30(34-15-9-2)21(6)35-18-20(5)24-13-14-26(33-7)29(32)28(24)31/h9,11-15,17-19,26,29,33H,8,10,16H2,1-7H3,(H,34,36)/b15-9-,20-18+,35-21?. The highest BCUT2D eigenvalue weighted by molar-refractivity contribution is 6.45. The van der Waals surface area contributed by atoms with E-state index in [2.05, 4.69) is 27.5 Å². The Balaban J connectivity index is 2.34. The smallest absolute Gasteiger partial charge is 0.171 e. The van der Waals surface area contributed by atoms with E-state index in [1.165, 1.54) is 6.20 Å². The third kappa shape index (κ3) is 8.42. The number of halogens is 2. The summed E-state index contributed by atoms with van der Waals surface area (Å²) in [4.78, 5) is 21.7. The quantitative estimate of drug-likeness (QED) is 0.187. The van der Waals surface area contributed by atoms with E-state index in [-0.39, 0.29) is 11.4 Å². The Morgan fingerprint density at radius 2 is 1.95 bits per heavy atom. The van der Waals surface area contributed by atoms with Crippen molar-refractivity contribution in [1.82, 2.24) is 5.32 Å². The maximum atomic E-state index is 14.6. The fourth-order valence-corrected chi connectivity index (χ4v) is 3.97. The van der Waals surface area contributed by atoms with Gasteiger partial charge < -0.3 is 10.6 Å². The number of aryl methyl sites for hydroxylation is 1. The lowest BCUT2D eigenvalue weighted by Crippen LogP contribution is -2.35. The summed E-state index contributed by atoms with van der Waals surface area (Å²) in [6.07, 6.45) is 8.66. The first-order chi connectivity index (χ1) is 17.6. The molecule has 2 unspecified atom stereocenters. The molecule has 0 fully saturated rings. The minimum absolute atomic E-state index is 0.154. The van der Waals surface area contributed by atoms with Gasteiger partial charge in [-0.25, -0.2) is 13.8 Å². The molecule has 200 valence electrons. The number of allylic oxidation sites excluding steroid dienone is 4. The molecule has 2 N–H and O–H groups in total. The van der Waals surface area contributed by atoms with Gasteiger partial charge >= 0.3 is 0 Å². The Morgan fingerprint density at radius 1 is 1.22 bits per heavy atom. The summed E-state index contributed by atoms with van der Waals surface area (Å²) in [7, 11) is 1.59. The van der Waals surface area contributed by atoms with Gasteiger partial charge in [-0.2, -0.15) is 0 Å². The van der Waals surface area contributed by atoms with E-state index in [1.54, 1.807) is 45.3 Å². The number of nitrogens with one attached hydrogen (secondary N) is 2. The van der Waals surface area contributed by atoms with Crippen molar-refractivity contribution in [3.63, 3.8) is 0 Å². The summed E-state index contributed by atoms with van der Waals surface area (Å²) in [6.45, 7) is 11.5. The highest BCUT2D eigenvalue weighted by Gasteiger charge is 2.28. The van der Waals surface area contributed by atoms with Crippen LogP contribution in [-0.2, 0) is 6.42 Å². The van der Waals surface area contributed by atoms with Crippen molar-refractivity contribution in [2.75, 3.05) is 12.4 Å². The van der Waals surface area contributed by atoms with E-state index in [4.69, 9.17) is 0 Å². The molecule has 0 heterocycles. The molecule has 0 aromatic heterocycles. The van der Waals surface area contributed by atoms with Crippen molar-refractivity contribution in [3.8, 4) is 0 Å². The second kappa shape index (κ2) is 14.5. The Hall–Kier alpha value is -3.19. The summed E-state index contributed by atoms with van der Waals surface area (Å²) in [5.41, 5.74) is 3.83. The summed E-state index contributed by atoms with van der Waals surface area (Å²) < 4.78 is 28.9. The number of carbonyl (C=O) groups is 1. The van der Waals surface area contributed by atoms with Gasteiger partial charge in [-0.05, 0) is 69.5 Å². The Bertz CT molecular complexity index is 1140. The average molecular weight is 511 g/mol. The zero-order valence-corrected chi connectivity index (χ0v) is 23.0. The number of nitrogens with zero attached hydrogens (tertiary/aromatic N) is 2. The lowest BCUT2D eigenvalue weighted by atomic mass is 9.94. The van der Waals surface area contributed by atoms with Crippen LogP contribution in [0, 0.1) is 5.92 Å². The number of rotatable bonds is 11. The van der Waals surface area contributed by atoms with Crippen molar-refractivity contribution in [2.45, 2.75) is 73.0 Å². The molecule has 0 saturated carbocycles. The lowest BCUT2D eigenvalue weighted by molar-refractivity contribution is 0.0967. The molecule has 1 aromatic rings. The highest BCUT2D eigenvalue weighted by atomic mass is 19.2. The van der Waals surface area contributed by atoms with E-state index in [0.29, 0.717) is 29.5 Å². The first-order valence-electron chi connectivity index (χ1n) is 12.9. The van der Waals surface area contributed by atoms with E-state index < -0.39 is 18.0 Å². The number of hydrogen-bond acceptors (Lipinski definition) is 4. The van der Waals surface area contributed by atoms with Gasteiger partial charge in [-0.15, -0.1) is 0 Å². The van der Waals surface area contributed by atoms with Gasteiger partial charge in [0.05, 0.1) is 11.8 Å². The fraction of sp³-hybridized carbons (Fsp3) is 0.433. The molecule has 0 saturated heterocycles. The minimum atomic E-state index is -1.74. The number of anilines is 1. The van der Waals surface area contributed by atoms with Gasteiger partial charge in [0.15, 0.2) is 17.8 Å². The summed E-state index contributed by atoms with van der Waals surface area (Å²) in [5.74, 6) is 0.155. The van der Waals surface area contributed by atoms with Gasteiger partial charge in [-0.1, -0.05) is 45.4 Å². The van der Waals surface area contributed by atoms with Gasteiger partial charge in [0, 0.05) is 35.6 Å². The lowest BCUT2D eigenvalue weighted by Gasteiger charge is -2.21. The zero-order valence-electron chi connectivity index (χ0n) is 23.0. The molecular formula is C30H40F2N4O. The molecule has 2 rings (SSSR count). The van der Waals surface area contributed by atoms with Crippen molar-refractivity contribution in [3.05, 3.63) is 76.9 Å². The average Bonchev–Trinajstić information content (AvgIpc) is 2.86. The second-order valence-corrected chi connectivity index (χ2v) is 9.59. The number of benzene rings is 1. The number of alkyl halides is 1. The van der Waals surface area contributed by atoms with Crippen LogP contribution in [0.1, 0.15) is 70.3 Å². The second-order valence-electron chi connectivity index (χ2n) is 9.59. The maximum absolute atomic E-state index is 14.6. The summed E-state index contributed by atoms with van der Waals surface area (Å²) in [5, 5.41) is 6.06. The maximum Gasteiger partial charge on any atom is 0.171 e. The first kappa shape index (κ1) is 30.0. The molecular weight excluding hydrogens is 470 g/mol. The van der Waals surface area contributed by atoms with E-state index in [1.807, 2.05) is 39.0 Å². The van der Waals surface area contributed by atoms with Crippen LogP contribution in [-0.4, -0.2) is 36.6 Å². The van der Waals surface area contributed by atoms with Crippen LogP contribution in [0.3, 0.4) is 0 Å². The molecule has 2 atom stereocenters. The highest BCUT2D eigenvalue weighted by Crippen LogP contribution is 2.28. The Morgan fingerprint density at radius 3 is 2.57 bits per heavy atom. The third-order valence-electron chi connectivity index (χ3n) is 5.97. The molecule has 7 heteroatoms. The number of likely N-dealkylation sites (N-methyl/N-ethyl adjacent to an activating group) is 1. The summed E-state index contributed by atoms with van der Waals surface area (Å²) >= 11 is 0. The van der Waals surface area contributed by atoms with E-state index in [9.17, 15) is 13.6 Å². The van der Waals surface area contributed by atoms with Crippen LogP contribution in [0.15, 0.2) is 75.8 Å². The molecule has 0 aliphatic heterocycles. The SMILES string of the molecule is C/C=C\N=C(Nc1ccc(C(=O)CC(C)C)c(CCC)c1)C(C)=N/C=C(\C)C1=C(F)C(F)C(NC)C=C1. The van der Waals surface area contributed by atoms with E-state index in [0.717, 1.165) is 29.7 Å². The zero-order chi connectivity index (χ0) is 27.5. The number of carbonyl (C=O) groups excluding carboxylic acids is 1. The molecule has 1 aromatic carbocycles. The van der Waals surface area contributed by atoms with Crippen LogP contribution in [0.4, 0.5) is 14.5 Å². The Kier molecular flexibility index (Phi) is 11.8. The van der Waals surface area contributed by atoms with Crippen LogP contribution in [0.5, 0.6) is 0 Å². The Labute approximate surface area is 220 Å². The van der Waals surface area contributed by atoms with Crippen molar-refractivity contribution in [2.24, 2.45) is 15.9 Å². The van der Waals surface area contributed by atoms with Gasteiger partial charge in [0.2, 0.25) is 0 Å². The number of aliphatic imine (C=N–C) groups is 2. The molecule has 0 amide bonds. The van der Waals surface area contributed by atoms with E-state index >= 15 is 0 Å². The molecule has 0 bridgehead atoms. The van der Waals surface area contributed by atoms with Crippen LogP contribution in [0.25, 0.3) is 0 Å². The third-order valence-corrected chi connectivity index (χ3v) is 5.97. The number of ketones is 1. The molecule has 37 heavy (non-hydrogen) atoms. The van der Waals surface area contributed by atoms with Gasteiger partial charge in [0.1, 0.15) is 5.83 Å². The minimum Gasteiger partial charge on any atom is -0.339 e. The van der Waals surface area contributed by atoms with Crippen molar-refractivity contribution < 1.29 is 13.6 Å². The number of Topliss-reactive ketones (excluding diaryl/α,β-unsaturated/α-hetero) is 1. The van der Waals surface area contributed by atoms with Crippen molar-refractivity contribution >= 4 is 23.0 Å². The van der Waals surface area contributed by atoms with Crippen LogP contribution >= 0.6 is 0 Å². The predicted octanol–water partition coefficient (Wildman–Crippen LogP) is 7.30. The molecule has 1 aliphatic rings. The predicted molar refractivity (Wildman–Crippen MR) is 152 cm³/mol. The number of hydrogen-bond donors (Lipinski definition) is 2. The topological polar surface area (TPSA) is 65.8 Å². The summed E-state index contributed by atoms with van der Waals surface area (Å²) in [6, 6.07) is 5.05. The van der Waals surface area contributed by atoms with Crippen molar-refractivity contribution in [1.29, 1.82) is 0 Å². The molecule has 0 spiro atoms.